The number of hydrogen-bond acceptors (Lipinski definition) is 5. The molecule has 0 amide bonds. The van der Waals surface area contributed by atoms with Gasteiger partial charge < -0.3 is 0 Å². The zero-order chi connectivity index (χ0) is 12.4. The van der Waals surface area contributed by atoms with Crippen molar-refractivity contribution in [1.82, 2.24) is 13.9 Å². The van der Waals surface area contributed by atoms with Gasteiger partial charge in [0.2, 0.25) is 0 Å². The number of fused-ring (bicyclic) bond motifs is 1. The molecule has 0 aliphatic rings. The second-order valence-corrected chi connectivity index (χ2v) is 4.36. The van der Waals surface area contributed by atoms with E-state index in [0.717, 1.165) is 24.4 Å². The Morgan fingerprint density at radius 2 is 2.29 bits per heavy atom. The topological polar surface area (TPSA) is 91.5 Å². The molecule has 0 fully saturated rings. The van der Waals surface area contributed by atoms with Crippen LogP contribution >= 0.6 is 11.5 Å². The lowest BCUT2D eigenvalue weighted by molar-refractivity contribution is 0.614. The molecule has 88 valence electrons. The first kappa shape index (κ1) is 11.5. The number of unbranched alkanes of at least 4 members (excludes halogenated alkanes) is 1. The van der Waals surface area contributed by atoms with Crippen LogP contribution in [0.2, 0.25) is 0 Å². The maximum atomic E-state index is 11.6. The molecule has 0 radical (unpaired) electrons. The Morgan fingerprint density at radius 1 is 1.53 bits per heavy atom. The van der Waals surface area contributed by atoms with Crippen molar-refractivity contribution < 1.29 is 0 Å². The maximum Gasteiger partial charge on any atom is 0.330 e. The van der Waals surface area contributed by atoms with Gasteiger partial charge in [-0.3, -0.25) is 14.3 Å². The fourth-order valence-electron chi connectivity index (χ4n) is 1.59. The summed E-state index contributed by atoms with van der Waals surface area (Å²) in [6.45, 7) is 2.51. The van der Waals surface area contributed by atoms with Gasteiger partial charge in [-0.2, -0.15) is 9.64 Å². The van der Waals surface area contributed by atoms with Crippen molar-refractivity contribution in [2.45, 2.75) is 26.3 Å². The van der Waals surface area contributed by atoms with E-state index in [4.69, 9.17) is 5.26 Å². The highest BCUT2D eigenvalue weighted by Crippen LogP contribution is 2.16. The Morgan fingerprint density at radius 3 is 2.94 bits per heavy atom. The van der Waals surface area contributed by atoms with Crippen LogP contribution in [0.15, 0.2) is 9.59 Å². The number of nitriles is 1. The van der Waals surface area contributed by atoms with Crippen molar-refractivity contribution in [1.29, 1.82) is 5.26 Å². The Labute approximate surface area is 100 Å². The van der Waals surface area contributed by atoms with Gasteiger partial charge in [0.05, 0.1) is 0 Å². The molecule has 0 saturated heterocycles. The van der Waals surface area contributed by atoms with Gasteiger partial charge in [0.15, 0.2) is 5.65 Å². The molecule has 0 atom stereocenters. The molecular weight excluding hydrogens is 240 g/mol. The number of aryl methyl sites for hydroxylation is 1. The van der Waals surface area contributed by atoms with Gasteiger partial charge in [-0.1, -0.05) is 13.3 Å². The second-order valence-electron chi connectivity index (χ2n) is 3.59. The van der Waals surface area contributed by atoms with Gasteiger partial charge in [-0.15, -0.1) is 0 Å². The first-order chi connectivity index (χ1) is 8.19. The van der Waals surface area contributed by atoms with Crippen LogP contribution in [0.1, 0.15) is 24.6 Å². The van der Waals surface area contributed by atoms with Crippen LogP contribution < -0.4 is 11.2 Å². The van der Waals surface area contributed by atoms with E-state index in [1.165, 1.54) is 4.57 Å². The highest BCUT2D eigenvalue weighted by molar-refractivity contribution is 7.07. The van der Waals surface area contributed by atoms with E-state index in [2.05, 4.69) is 9.36 Å². The van der Waals surface area contributed by atoms with E-state index in [1.807, 2.05) is 13.0 Å². The Hall–Kier alpha value is -1.94. The Kier molecular flexibility index (Phi) is 3.06. The number of H-pyrrole nitrogens is 1. The molecule has 17 heavy (non-hydrogen) atoms. The van der Waals surface area contributed by atoms with Gasteiger partial charge in [0.1, 0.15) is 16.3 Å². The van der Waals surface area contributed by atoms with E-state index in [9.17, 15) is 9.59 Å². The minimum Gasteiger partial charge on any atom is -0.277 e. The third-order valence-corrected chi connectivity index (χ3v) is 3.20. The summed E-state index contributed by atoms with van der Waals surface area (Å²) in [5, 5.41) is 9.08. The van der Waals surface area contributed by atoms with Crippen LogP contribution in [-0.2, 0) is 6.54 Å². The summed E-state index contributed by atoms with van der Waals surface area (Å²) in [5.74, 6) is 0. The van der Waals surface area contributed by atoms with Crippen LogP contribution in [-0.4, -0.2) is 13.9 Å². The van der Waals surface area contributed by atoms with Crippen molar-refractivity contribution >= 4 is 22.6 Å². The monoisotopic (exact) mass is 250 g/mol. The number of nitrogens with zero attached hydrogens (tertiary/aromatic N) is 3. The van der Waals surface area contributed by atoms with E-state index >= 15 is 0 Å². The zero-order valence-corrected chi connectivity index (χ0v) is 10.0. The molecule has 0 saturated carbocycles. The van der Waals surface area contributed by atoms with E-state index < -0.39 is 11.2 Å². The SMILES string of the molecule is CCCCn1c(=O)[nH]c(=O)c2c(C#N)snc21. The molecule has 2 aromatic rings. The van der Waals surface area contributed by atoms with Crippen LogP contribution in [0.3, 0.4) is 0 Å². The van der Waals surface area contributed by atoms with Crippen molar-refractivity contribution in [2.75, 3.05) is 0 Å². The average molecular weight is 250 g/mol. The molecule has 2 heterocycles. The van der Waals surface area contributed by atoms with Crippen molar-refractivity contribution in [3.05, 3.63) is 25.7 Å². The lowest BCUT2D eigenvalue weighted by Gasteiger charge is -2.03. The number of aromatic nitrogens is 3. The molecule has 1 N–H and O–H groups in total. The van der Waals surface area contributed by atoms with Crippen LogP contribution in [0, 0.1) is 11.3 Å². The number of aromatic amines is 1. The Bertz CT molecular complexity index is 704. The molecule has 0 aromatic carbocycles. The summed E-state index contributed by atoms with van der Waals surface area (Å²) in [6, 6.07) is 1.91. The van der Waals surface area contributed by atoms with Crippen molar-refractivity contribution in [3.8, 4) is 6.07 Å². The summed E-state index contributed by atoms with van der Waals surface area (Å²) in [4.78, 5) is 25.7. The molecule has 0 aliphatic carbocycles. The summed E-state index contributed by atoms with van der Waals surface area (Å²) in [7, 11) is 0. The van der Waals surface area contributed by atoms with Crippen LogP contribution in [0.4, 0.5) is 0 Å². The Balaban J connectivity index is 2.77. The second kappa shape index (κ2) is 4.51. The number of rotatable bonds is 3. The lowest BCUT2D eigenvalue weighted by atomic mass is 10.3. The summed E-state index contributed by atoms with van der Waals surface area (Å²) < 4.78 is 5.44. The number of hydrogen-bond donors (Lipinski definition) is 1. The van der Waals surface area contributed by atoms with Crippen molar-refractivity contribution in [3.63, 3.8) is 0 Å². The molecule has 0 aliphatic heterocycles. The van der Waals surface area contributed by atoms with E-state index in [-0.39, 0.29) is 10.3 Å². The summed E-state index contributed by atoms with van der Waals surface area (Å²) in [5.41, 5.74) is -0.692. The van der Waals surface area contributed by atoms with Crippen LogP contribution in [0.25, 0.3) is 11.0 Å². The smallest absolute Gasteiger partial charge is 0.277 e. The van der Waals surface area contributed by atoms with Gasteiger partial charge in [-0.25, -0.2) is 4.79 Å². The fraction of sp³-hybridized carbons (Fsp3) is 0.400. The third kappa shape index (κ3) is 1.87. The maximum absolute atomic E-state index is 11.6. The molecule has 7 heteroatoms. The molecule has 2 aromatic heterocycles. The van der Waals surface area contributed by atoms with Gasteiger partial charge in [0.25, 0.3) is 5.56 Å². The summed E-state index contributed by atoms with van der Waals surface area (Å²) >= 11 is 0.942. The minimum atomic E-state index is -0.539. The summed E-state index contributed by atoms with van der Waals surface area (Å²) in [6.07, 6.45) is 1.75. The first-order valence-electron chi connectivity index (χ1n) is 5.21. The van der Waals surface area contributed by atoms with E-state index in [0.29, 0.717) is 12.2 Å². The molecule has 0 unspecified atom stereocenters. The molecular formula is C10H10N4O2S. The predicted molar refractivity (Wildman–Crippen MR) is 64.1 cm³/mol. The van der Waals surface area contributed by atoms with Crippen LogP contribution in [0.5, 0.6) is 0 Å². The third-order valence-electron chi connectivity index (χ3n) is 2.46. The quantitative estimate of drug-likeness (QED) is 0.872. The molecule has 0 spiro atoms. The van der Waals surface area contributed by atoms with Crippen molar-refractivity contribution in [2.24, 2.45) is 0 Å². The normalized spacial score (nSPS) is 10.6. The highest BCUT2D eigenvalue weighted by Gasteiger charge is 2.14. The minimum absolute atomic E-state index is 0.216. The fourth-order valence-corrected chi connectivity index (χ4v) is 2.28. The lowest BCUT2D eigenvalue weighted by Crippen LogP contribution is -2.30. The molecule has 6 nitrogen and oxygen atoms in total. The molecule has 0 bridgehead atoms. The van der Waals surface area contributed by atoms with Gasteiger partial charge in [-0.05, 0) is 18.0 Å². The first-order valence-corrected chi connectivity index (χ1v) is 5.99. The highest BCUT2D eigenvalue weighted by atomic mass is 32.1. The average Bonchev–Trinajstić information content (AvgIpc) is 2.73. The van der Waals surface area contributed by atoms with Gasteiger partial charge >= 0.3 is 5.69 Å². The number of nitrogens with one attached hydrogen (secondary N) is 1. The predicted octanol–water partition coefficient (Wildman–Crippen LogP) is 0.818. The van der Waals surface area contributed by atoms with Gasteiger partial charge in [0, 0.05) is 6.54 Å². The molecule has 2 rings (SSSR count). The zero-order valence-electron chi connectivity index (χ0n) is 9.19. The standard InChI is InChI=1S/C10H10N4O2S/c1-2-3-4-14-8-7(6(5-11)17-13-8)9(15)12-10(14)16/h2-4H2,1H3,(H,12,15,16). The van der Waals surface area contributed by atoms with E-state index in [1.54, 1.807) is 0 Å². The largest absolute Gasteiger partial charge is 0.330 e.